The molecule has 1 heterocycles. The van der Waals surface area contributed by atoms with Gasteiger partial charge in [-0.1, -0.05) is 42.5 Å². The van der Waals surface area contributed by atoms with Gasteiger partial charge in [0.25, 0.3) is 5.91 Å². The molecule has 2 aromatic rings. The van der Waals surface area contributed by atoms with E-state index < -0.39 is 0 Å². The number of nitrogens with one attached hydrogen (secondary N) is 1. The average Bonchev–Trinajstić information content (AvgIpc) is 3.54. The van der Waals surface area contributed by atoms with Crippen molar-refractivity contribution in [2.24, 2.45) is 11.8 Å². The lowest BCUT2D eigenvalue weighted by molar-refractivity contribution is 0.0951. The Bertz CT molecular complexity index is 729. The van der Waals surface area contributed by atoms with Crippen molar-refractivity contribution >= 4 is 5.91 Å². The van der Waals surface area contributed by atoms with Crippen LogP contribution < -0.4 is 5.32 Å². The number of nitrogens with zero attached hydrogens (tertiary/aromatic N) is 1. The number of hydrogen-bond acceptors (Lipinski definition) is 2. The van der Waals surface area contributed by atoms with E-state index in [1.807, 2.05) is 12.1 Å². The second-order valence-corrected chi connectivity index (χ2v) is 8.26. The van der Waals surface area contributed by atoms with Gasteiger partial charge in [-0.2, -0.15) is 0 Å². The average molecular weight is 363 g/mol. The van der Waals surface area contributed by atoms with Crippen LogP contribution in [0.25, 0.3) is 0 Å². The highest BCUT2D eigenvalue weighted by atomic mass is 16.1. The Hall–Kier alpha value is -2.13. The molecule has 0 aromatic heterocycles. The number of carbonyl (C=O) groups is 1. The lowest BCUT2D eigenvalue weighted by Gasteiger charge is -2.32. The summed E-state index contributed by atoms with van der Waals surface area (Å²) in [6.07, 6.45) is 6.29. The number of amides is 1. The molecule has 1 amide bonds. The van der Waals surface area contributed by atoms with Crippen LogP contribution in [0.5, 0.6) is 0 Å². The standard InChI is InChI=1S/C24H30N2O/c27-24(25-17-21-6-7-21)23-10-8-22(9-11-23)18-26-14-12-20(13-15-26)16-19-4-2-1-3-5-19/h1-5,8-11,20-21H,6-7,12-18H2,(H,25,27). The predicted octanol–water partition coefficient (Wildman–Crippen LogP) is 4.28. The van der Waals surface area contributed by atoms with Gasteiger partial charge in [-0.05, 0) is 80.3 Å². The Morgan fingerprint density at radius 3 is 2.22 bits per heavy atom. The summed E-state index contributed by atoms with van der Waals surface area (Å²) >= 11 is 0. The van der Waals surface area contributed by atoms with Gasteiger partial charge < -0.3 is 5.32 Å². The van der Waals surface area contributed by atoms with E-state index >= 15 is 0 Å². The van der Waals surface area contributed by atoms with Crippen LogP contribution in [0.3, 0.4) is 0 Å². The third-order valence-corrected chi connectivity index (χ3v) is 5.94. The zero-order chi connectivity index (χ0) is 18.5. The molecule has 1 saturated heterocycles. The van der Waals surface area contributed by atoms with Crippen LogP contribution in [0.15, 0.2) is 54.6 Å². The zero-order valence-corrected chi connectivity index (χ0v) is 16.1. The summed E-state index contributed by atoms with van der Waals surface area (Å²) in [6, 6.07) is 19.0. The summed E-state index contributed by atoms with van der Waals surface area (Å²) in [4.78, 5) is 14.7. The van der Waals surface area contributed by atoms with Crippen molar-refractivity contribution in [1.29, 1.82) is 0 Å². The van der Waals surface area contributed by atoms with Crippen LogP contribution in [-0.4, -0.2) is 30.4 Å². The fourth-order valence-electron chi connectivity index (χ4n) is 3.98. The van der Waals surface area contributed by atoms with Crippen LogP contribution in [0.4, 0.5) is 0 Å². The predicted molar refractivity (Wildman–Crippen MR) is 110 cm³/mol. The maximum atomic E-state index is 12.1. The van der Waals surface area contributed by atoms with Gasteiger partial charge in [0.2, 0.25) is 0 Å². The number of benzene rings is 2. The van der Waals surface area contributed by atoms with Crippen molar-refractivity contribution in [2.45, 2.75) is 38.6 Å². The normalized spacial score (nSPS) is 18.4. The van der Waals surface area contributed by atoms with Crippen LogP contribution in [0.2, 0.25) is 0 Å². The maximum Gasteiger partial charge on any atom is 0.251 e. The molecule has 27 heavy (non-hydrogen) atoms. The van der Waals surface area contributed by atoms with Crippen LogP contribution in [0, 0.1) is 11.8 Å². The first kappa shape index (κ1) is 18.2. The molecule has 1 aliphatic heterocycles. The first-order valence-electron chi connectivity index (χ1n) is 10.4. The summed E-state index contributed by atoms with van der Waals surface area (Å²) in [5.74, 6) is 1.59. The molecule has 0 spiro atoms. The third kappa shape index (κ3) is 5.43. The molecule has 0 atom stereocenters. The lowest BCUT2D eigenvalue weighted by Crippen LogP contribution is -2.33. The summed E-state index contributed by atoms with van der Waals surface area (Å²) in [7, 11) is 0. The minimum absolute atomic E-state index is 0.0650. The van der Waals surface area contributed by atoms with Crippen molar-refractivity contribution < 1.29 is 4.79 Å². The molecular formula is C24H30N2O. The number of piperidine rings is 1. The molecule has 1 aliphatic carbocycles. The van der Waals surface area contributed by atoms with Gasteiger partial charge in [0.15, 0.2) is 0 Å². The van der Waals surface area contributed by atoms with Crippen molar-refractivity contribution in [3.05, 3.63) is 71.3 Å². The fourth-order valence-corrected chi connectivity index (χ4v) is 3.98. The first-order valence-corrected chi connectivity index (χ1v) is 10.4. The van der Waals surface area contributed by atoms with Crippen LogP contribution in [0.1, 0.15) is 47.2 Å². The van der Waals surface area contributed by atoms with Gasteiger partial charge >= 0.3 is 0 Å². The SMILES string of the molecule is O=C(NCC1CC1)c1ccc(CN2CCC(Cc3ccccc3)CC2)cc1. The maximum absolute atomic E-state index is 12.1. The Morgan fingerprint density at radius 2 is 1.56 bits per heavy atom. The molecule has 3 heteroatoms. The van der Waals surface area contributed by atoms with Gasteiger partial charge in [-0.3, -0.25) is 9.69 Å². The largest absolute Gasteiger partial charge is 0.352 e. The van der Waals surface area contributed by atoms with E-state index in [0.29, 0.717) is 0 Å². The zero-order valence-electron chi connectivity index (χ0n) is 16.1. The molecule has 2 aromatic carbocycles. The van der Waals surface area contributed by atoms with Crippen molar-refractivity contribution in [3.63, 3.8) is 0 Å². The quantitative estimate of drug-likeness (QED) is 0.797. The van der Waals surface area contributed by atoms with Gasteiger partial charge in [0.1, 0.15) is 0 Å². The second-order valence-electron chi connectivity index (χ2n) is 8.26. The summed E-state index contributed by atoms with van der Waals surface area (Å²) in [5, 5.41) is 3.04. The van der Waals surface area contributed by atoms with Gasteiger partial charge in [0, 0.05) is 18.7 Å². The molecule has 2 fully saturated rings. The minimum atomic E-state index is 0.0650. The van der Waals surface area contributed by atoms with E-state index in [0.717, 1.165) is 30.5 Å². The molecule has 0 radical (unpaired) electrons. The summed E-state index contributed by atoms with van der Waals surface area (Å²) < 4.78 is 0. The highest BCUT2D eigenvalue weighted by Crippen LogP contribution is 2.27. The van der Waals surface area contributed by atoms with Crippen molar-refractivity contribution in [1.82, 2.24) is 10.2 Å². The number of carbonyl (C=O) groups excluding carboxylic acids is 1. The van der Waals surface area contributed by atoms with Crippen LogP contribution in [-0.2, 0) is 13.0 Å². The molecule has 2 aliphatic rings. The molecule has 3 nitrogen and oxygen atoms in total. The molecule has 4 rings (SSSR count). The van der Waals surface area contributed by atoms with E-state index in [-0.39, 0.29) is 5.91 Å². The highest BCUT2D eigenvalue weighted by Gasteiger charge is 2.22. The van der Waals surface area contributed by atoms with Crippen molar-refractivity contribution in [3.8, 4) is 0 Å². The Balaban J connectivity index is 1.22. The lowest BCUT2D eigenvalue weighted by atomic mass is 9.90. The van der Waals surface area contributed by atoms with Gasteiger partial charge in [-0.15, -0.1) is 0 Å². The van der Waals surface area contributed by atoms with E-state index in [2.05, 4.69) is 52.7 Å². The van der Waals surface area contributed by atoms with E-state index in [1.165, 1.54) is 56.3 Å². The van der Waals surface area contributed by atoms with Gasteiger partial charge in [0.05, 0.1) is 0 Å². The Morgan fingerprint density at radius 1 is 0.852 bits per heavy atom. The molecule has 1 saturated carbocycles. The highest BCUT2D eigenvalue weighted by molar-refractivity contribution is 5.94. The summed E-state index contributed by atoms with van der Waals surface area (Å²) in [5.41, 5.74) is 3.54. The minimum Gasteiger partial charge on any atom is -0.352 e. The summed E-state index contributed by atoms with van der Waals surface area (Å²) in [6.45, 7) is 4.16. The number of likely N-dealkylation sites (tertiary alicyclic amines) is 1. The topological polar surface area (TPSA) is 32.3 Å². The monoisotopic (exact) mass is 362 g/mol. The van der Waals surface area contributed by atoms with Crippen LogP contribution >= 0.6 is 0 Å². The second kappa shape index (κ2) is 8.71. The molecule has 0 bridgehead atoms. The third-order valence-electron chi connectivity index (χ3n) is 5.94. The molecule has 0 unspecified atom stereocenters. The first-order chi connectivity index (χ1) is 13.3. The smallest absolute Gasteiger partial charge is 0.251 e. The Labute approximate surface area is 162 Å². The van der Waals surface area contributed by atoms with Gasteiger partial charge in [-0.25, -0.2) is 0 Å². The molecule has 1 N–H and O–H groups in total. The van der Waals surface area contributed by atoms with E-state index in [9.17, 15) is 4.79 Å². The van der Waals surface area contributed by atoms with E-state index in [1.54, 1.807) is 0 Å². The molecular weight excluding hydrogens is 332 g/mol. The fraction of sp³-hybridized carbons (Fsp3) is 0.458. The number of hydrogen-bond donors (Lipinski definition) is 1. The van der Waals surface area contributed by atoms with E-state index in [4.69, 9.17) is 0 Å². The van der Waals surface area contributed by atoms with Crippen molar-refractivity contribution in [2.75, 3.05) is 19.6 Å². The number of rotatable bonds is 7. The molecule has 142 valence electrons. The Kier molecular flexibility index (Phi) is 5.88.